The van der Waals surface area contributed by atoms with Gasteiger partial charge in [0.15, 0.2) is 11.5 Å². The molecule has 0 heterocycles. The van der Waals surface area contributed by atoms with Gasteiger partial charge in [-0.15, -0.1) is 0 Å². The number of aliphatic hydroxyl groups is 2. The highest BCUT2D eigenvalue weighted by atomic mass is 16.5. The lowest BCUT2D eigenvalue weighted by Crippen LogP contribution is -2.29. The van der Waals surface area contributed by atoms with Crippen molar-refractivity contribution in [1.82, 2.24) is 5.32 Å². The molecule has 0 aromatic heterocycles. The summed E-state index contributed by atoms with van der Waals surface area (Å²) in [6.07, 6.45) is -1.82. The van der Waals surface area contributed by atoms with Crippen LogP contribution in [0.25, 0.3) is 0 Å². The van der Waals surface area contributed by atoms with Crippen molar-refractivity contribution in [2.75, 3.05) is 27.3 Å². The molecule has 0 saturated heterocycles. The first kappa shape index (κ1) is 14.8. The fourth-order valence-corrected chi connectivity index (χ4v) is 1.69. The standard InChI is InChI=1S/C13H21NO4/c1-4-18-12-7-9(5-6-11(12)17-3)13(16)10(15)8-14-2/h5-7,10,13-16H,4,8H2,1-3H3. The minimum absolute atomic E-state index is 0.317. The van der Waals surface area contributed by atoms with Crippen LogP contribution in [0.1, 0.15) is 18.6 Å². The molecular weight excluding hydrogens is 234 g/mol. The van der Waals surface area contributed by atoms with E-state index in [9.17, 15) is 10.2 Å². The lowest BCUT2D eigenvalue weighted by molar-refractivity contribution is 0.0201. The van der Waals surface area contributed by atoms with E-state index in [2.05, 4.69) is 5.32 Å². The Morgan fingerprint density at radius 3 is 2.56 bits per heavy atom. The predicted molar refractivity (Wildman–Crippen MR) is 69.1 cm³/mol. The maximum atomic E-state index is 9.99. The molecule has 0 aliphatic carbocycles. The van der Waals surface area contributed by atoms with Crippen LogP contribution in [0, 0.1) is 0 Å². The first-order valence-electron chi connectivity index (χ1n) is 5.95. The molecule has 0 fully saturated rings. The van der Waals surface area contributed by atoms with E-state index in [1.165, 1.54) is 0 Å². The fourth-order valence-electron chi connectivity index (χ4n) is 1.69. The van der Waals surface area contributed by atoms with Gasteiger partial charge < -0.3 is 25.0 Å². The second-order valence-electron chi connectivity index (χ2n) is 3.91. The molecule has 18 heavy (non-hydrogen) atoms. The summed E-state index contributed by atoms with van der Waals surface area (Å²) in [5, 5.41) is 22.5. The van der Waals surface area contributed by atoms with Gasteiger partial charge in [-0.3, -0.25) is 0 Å². The molecular formula is C13H21NO4. The highest BCUT2D eigenvalue weighted by Crippen LogP contribution is 2.31. The molecule has 1 aromatic carbocycles. The van der Waals surface area contributed by atoms with Crippen LogP contribution in [-0.2, 0) is 0 Å². The van der Waals surface area contributed by atoms with Gasteiger partial charge in [0.1, 0.15) is 6.10 Å². The molecule has 0 aliphatic rings. The van der Waals surface area contributed by atoms with Crippen LogP contribution in [0.3, 0.4) is 0 Å². The van der Waals surface area contributed by atoms with E-state index in [1.807, 2.05) is 6.92 Å². The van der Waals surface area contributed by atoms with Crippen LogP contribution in [0.2, 0.25) is 0 Å². The molecule has 1 aromatic rings. The van der Waals surface area contributed by atoms with Crippen molar-refractivity contribution in [3.8, 4) is 11.5 Å². The zero-order chi connectivity index (χ0) is 13.5. The van der Waals surface area contributed by atoms with Gasteiger partial charge in [0.2, 0.25) is 0 Å². The van der Waals surface area contributed by atoms with Crippen LogP contribution in [-0.4, -0.2) is 43.6 Å². The minimum atomic E-state index is -0.956. The lowest BCUT2D eigenvalue weighted by atomic mass is 10.0. The van der Waals surface area contributed by atoms with Crippen molar-refractivity contribution in [1.29, 1.82) is 0 Å². The van der Waals surface area contributed by atoms with Crippen molar-refractivity contribution >= 4 is 0 Å². The highest BCUT2D eigenvalue weighted by molar-refractivity contribution is 5.43. The average molecular weight is 255 g/mol. The number of hydrogen-bond acceptors (Lipinski definition) is 5. The number of methoxy groups -OCH3 is 1. The van der Waals surface area contributed by atoms with E-state index in [1.54, 1.807) is 32.4 Å². The molecule has 0 amide bonds. The minimum Gasteiger partial charge on any atom is -0.493 e. The Morgan fingerprint density at radius 2 is 2.00 bits per heavy atom. The van der Waals surface area contributed by atoms with E-state index >= 15 is 0 Å². The fraction of sp³-hybridized carbons (Fsp3) is 0.538. The first-order valence-corrected chi connectivity index (χ1v) is 5.95. The van der Waals surface area contributed by atoms with Gasteiger partial charge in [-0.05, 0) is 31.7 Å². The summed E-state index contributed by atoms with van der Waals surface area (Å²) in [6, 6.07) is 5.12. The lowest BCUT2D eigenvalue weighted by Gasteiger charge is -2.19. The monoisotopic (exact) mass is 255 g/mol. The quantitative estimate of drug-likeness (QED) is 0.669. The number of ether oxygens (including phenoxy) is 2. The number of benzene rings is 1. The Morgan fingerprint density at radius 1 is 1.28 bits per heavy atom. The van der Waals surface area contributed by atoms with Crippen molar-refractivity contribution < 1.29 is 19.7 Å². The Bertz CT molecular complexity index is 370. The number of aliphatic hydroxyl groups excluding tert-OH is 2. The molecule has 2 unspecified atom stereocenters. The van der Waals surface area contributed by atoms with E-state index in [4.69, 9.17) is 9.47 Å². The number of likely N-dealkylation sites (N-methyl/N-ethyl adjacent to an activating group) is 1. The molecule has 2 atom stereocenters. The van der Waals surface area contributed by atoms with Crippen LogP contribution in [0.4, 0.5) is 0 Å². The van der Waals surface area contributed by atoms with Crippen LogP contribution in [0.15, 0.2) is 18.2 Å². The molecule has 5 heteroatoms. The van der Waals surface area contributed by atoms with Gasteiger partial charge >= 0.3 is 0 Å². The Kier molecular flexibility index (Phi) is 5.91. The molecule has 3 N–H and O–H groups in total. The van der Waals surface area contributed by atoms with Gasteiger partial charge in [-0.25, -0.2) is 0 Å². The first-order chi connectivity index (χ1) is 8.63. The smallest absolute Gasteiger partial charge is 0.161 e. The summed E-state index contributed by atoms with van der Waals surface area (Å²) in [7, 11) is 3.28. The largest absolute Gasteiger partial charge is 0.493 e. The molecule has 1 rings (SSSR count). The zero-order valence-corrected chi connectivity index (χ0v) is 11.0. The van der Waals surface area contributed by atoms with E-state index in [-0.39, 0.29) is 0 Å². The van der Waals surface area contributed by atoms with Crippen LogP contribution >= 0.6 is 0 Å². The number of nitrogens with one attached hydrogen (secondary N) is 1. The predicted octanol–water partition coefficient (Wildman–Crippen LogP) is 0.708. The van der Waals surface area contributed by atoms with Gasteiger partial charge in [-0.2, -0.15) is 0 Å². The molecule has 102 valence electrons. The SMILES string of the molecule is CCOc1cc(C(O)C(O)CNC)ccc1OC. The van der Waals surface area contributed by atoms with Crippen molar-refractivity contribution in [3.63, 3.8) is 0 Å². The summed E-state index contributed by atoms with van der Waals surface area (Å²) in [4.78, 5) is 0. The van der Waals surface area contributed by atoms with Crippen LogP contribution in [0.5, 0.6) is 11.5 Å². The second-order valence-corrected chi connectivity index (χ2v) is 3.91. The third kappa shape index (κ3) is 3.60. The molecule has 0 saturated carbocycles. The van der Waals surface area contributed by atoms with E-state index in [0.29, 0.717) is 30.2 Å². The summed E-state index contributed by atoms with van der Waals surface area (Å²) < 4.78 is 10.6. The van der Waals surface area contributed by atoms with Crippen molar-refractivity contribution in [3.05, 3.63) is 23.8 Å². The number of hydrogen-bond donors (Lipinski definition) is 3. The molecule has 0 aliphatic heterocycles. The Hall–Kier alpha value is -1.30. The summed E-state index contributed by atoms with van der Waals surface area (Å²) in [5.41, 5.74) is 0.599. The third-order valence-electron chi connectivity index (χ3n) is 2.61. The Balaban J connectivity index is 2.92. The van der Waals surface area contributed by atoms with Gasteiger partial charge in [-0.1, -0.05) is 6.07 Å². The molecule has 0 bridgehead atoms. The highest BCUT2D eigenvalue weighted by Gasteiger charge is 2.19. The summed E-state index contributed by atoms with van der Waals surface area (Å²) in [5.74, 6) is 1.17. The zero-order valence-electron chi connectivity index (χ0n) is 11.0. The normalized spacial score (nSPS) is 14.1. The van der Waals surface area contributed by atoms with Crippen LogP contribution < -0.4 is 14.8 Å². The second kappa shape index (κ2) is 7.20. The maximum absolute atomic E-state index is 9.99. The van der Waals surface area contributed by atoms with Gasteiger partial charge in [0.05, 0.1) is 19.8 Å². The maximum Gasteiger partial charge on any atom is 0.161 e. The topological polar surface area (TPSA) is 71.0 Å². The molecule has 0 spiro atoms. The van der Waals surface area contributed by atoms with E-state index < -0.39 is 12.2 Å². The summed E-state index contributed by atoms with van der Waals surface area (Å²) in [6.45, 7) is 2.70. The van der Waals surface area contributed by atoms with Crippen molar-refractivity contribution in [2.24, 2.45) is 0 Å². The summed E-state index contributed by atoms with van der Waals surface area (Å²) >= 11 is 0. The molecule has 5 nitrogen and oxygen atoms in total. The number of rotatable bonds is 7. The van der Waals surface area contributed by atoms with Crippen molar-refractivity contribution in [2.45, 2.75) is 19.1 Å². The Labute approximate surface area is 107 Å². The van der Waals surface area contributed by atoms with Gasteiger partial charge in [0.25, 0.3) is 0 Å². The molecule has 0 radical (unpaired) electrons. The average Bonchev–Trinajstić information content (AvgIpc) is 2.38. The van der Waals surface area contributed by atoms with Gasteiger partial charge in [0, 0.05) is 6.54 Å². The van der Waals surface area contributed by atoms with E-state index in [0.717, 1.165) is 0 Å². The third-order valence-corrected chi connectivity index (χ3v) is 2.61.